The highest BCUT2D eigenvalue weighted by atomic mass is 35.5. The van der Waals surface area contributed by atoms with Crippen LogP contribution in [0.1, 0.15) is 0 Å². The normalized spacial score (nSPS) is 12.7. The van der Waals surface area contributed by atoms with Gasteiger partial charge in [0.25, 0.3) is 0 Å². The average molecular weight is 389 g/mol. The van der Waals surface area contributed by atoms with E-state index >= 15 is 0 Å². The second kappa shape index (κ2) is 12.6. The lowest BCUT2D eigenvalue weighted by molar-refractivity contribution is -0.00855. The SMILES string of the molecule is O=NN(C[C@@H](O)[C@@H](O)CN(N=O)C(=O)NCCCl)C(=O)NCCCl. The van der Waals surface area contributed by atoms with Gasteiger partial charge in [-0.25, -0.2) is 9.59 Å². The smallest absolute Gasteiger partial charge is 0.340 e. The van der Waals surface area contributed by atoms with Crippen LogP contribution in [-0.4, -0.2) is 82.4 Å². The van der Waals surface area contributed by atoms with Crippen LogP contribution in [-0.2, 0) is 0 Å². The van der Waals surface area contributed by atoms with Gasteiger partial charge in [0.1, 0.15) is 12.2 Å². The summed E-state index contributed by atoms with van der Waals surface area (Å²) < 4.78 is 0. The molecule has 0 radical (unpaired) electrons. The van der Waals surface area contributed by atoms with E-state index < -0.39 is 37.4 Å². The van der Waals surface area contributed by atoms with Crippen LogP contribution in [0.3, 0.4) is 0 Å². The number of aliphatic hydroxyl groups excluding tert-OH is 2. The predicted molar refractivity (Wildman–Crippen MR) is 85.3 cm³/mol. The summed E-state index contributed by atoms with van der Waals surface area (Å²) in [4.78, 5) is 44.2. The second-order valence-electron chi connectivity index (χ2n) is 4.30. The molecular formula is C10H18Cl2N6O6. The van der Waals surface area contributed by atoms with Crippen LogP contribution >= 0.6 is 23.2 Å². The molecule has 0 saturated carbocycles. The third kappa shape index (κ3) is 8.19. The van der Waals surface area contributed by atoms with Crippen molar-refractivity contribution in [3.63, 3.8) is 0 Å². The lowest BCUT2D eigenvalue weighted by Gasteiger charge is -2.24. The number of urea groups is 2. The maximum Gasteiger partial charge on any atom is 0.340 e. The summed E-state index contributed by atoms with van der Waals surface area (Å²) in [6.45, 7) is -1.22. The van der Waals surface area contributed by atoms with Gasteiger partial charge >= 0.3 is 12.1 Å². The Morgan fingerprint density at radius 2 is 1.21 bits per heavy atom. The lowest BCUT2D eigenvalue weighted by Crippen LogP contribution is -2.48. The quantitative estimate of drug-likeness (QED) is 0.213. The van der Waals surface area contributed by atoms with Gasteiger partial charge in [0.2, 0.25) is 0 Å². The van der Waals surface area contributed by atoms with Gasteiger partial charge in [0, 0.05) is 24.8 Å². The van der Waals surface area contributed by atoms with E-state index in [1.54, 1.807) is 0 Å². The van der Waals surface area contributed by atoms with E-state index in [0.717, 1.165) is 0 Å². The van der Waals surface area contributed by atoms with Gasteiger partial charge in [-0.3, -0.25) is 0 Å². The number of hydrogen-bond donors (Lipinski definition) is 4. The summed E-state index contributed by atoms with van der Waals surface area (Å²) in [5.74, 6) is 0.196. The summed E-state index contributed by atoms with van der Waals surface area (Å²) in [6, 6.07) is -1.86. The highest BCUT2D eigenvalue weighted by Crippen LogP contribution is 2.03. The third-order valence-electron chi connectivity index (χ3n) is 2.57. The Kier molecular flexibility index (Phi) is 11.7. The van der Waals surface area contributed by atoms with Gasteiger partial charge < -0.3 is 20.8 Å². The van der Waals surface area contributed by atoms with Crippen LogP contribution in [0.15, 0.2) is 10.6 Å². The first-order valence-electron chi connectivity index (χ1n) is 6.66. The molecule has 0 bridgehead atoms. The first-order chi connectivity index (χ1) is 11.4. The van der Waals surface area contributed by atoms with Crippen molar-refractivity contribution in [3.05, 3.63) is 9.81 Å². The molecule has 0 aromatic rings. The maximum absolute atomic E-state index is 11.5. The van der Waals surface area contributed by atoms with E-state index in [1.165, 1.54) is 0 Å². The Hall–Kier alpha value is -1.76. The van der Waals surface area contributed by atoms with Crippen molar-refractivity contribution in [1.82, 2.24) is 20.7 Å². The largest absolute Gasteiger partial charge is 0.388 e. The zero-order chi connectivity index (χ0) is 18.5. The molecule has 0 rings (SSSR count). The van der Waals surface area contributed by atoms with Crippen molar-refractivity contribution >= 4 is 35.3 Å². The Balaban J connectivity index is 4.58. The fraction of sp³-hybridized carbons (Fsp3) is 0.800. The van der Waals surface area contributed by atoms with Gasteiger partial charge in [-0.05, 0) is 0 Å². The van der Waals surface area contributed by atoms with Crippen LogP contribution in [0.25, 0.3) is 0 Å². The van der Waals surface area contributed by atoms with Crippen LogP contribution in [0, 0.1) is 9.81 Å². The van der Waals surface area contributed by atoms with Crippen LogP contribution < -0.4 is 10.6 Å². The number of nitrogens with zero attached hydrogens (tertiary/aromatic N) is 4. The summed E-state index contributed by atoms with van der Waals surface area (Å²) in [7, 11) is 0. The number of rotatable bonds is 11. The molecule has 0 aliphatic carbocycles. The van der Waals surface area contributed by atoms with Crippen molar-refractivity contribution < 1.29 is 19.8 Å². The minimum Gasteiger partial charge on any atom is -0.388 e. The fourth-order valence-electron chi connectivity index (χ4n) is 1.40. The Morgan fingerprint density at radius 1 is 0.875 bits per heavy atom. The number of nitroso groups, excluding NO2 is 2. The van der Waals surface area contributed by atoms with E-state index in [2.05, 4.69) is 21.2 Å². The van der Waals surface area contributed by atoms with E-state index in [4.69, 9.17) is 23.2 Å². The van der Waals surface area contributed by atoms with Gasteiger partial charge in [-0.2, -0.15) is 10.0 Å². The standard InChI is InChI=1S/C10H18Cl2N6O6/c11-1-3-13-9(21)17(15-23)5-7(19)8(20)6-18(16-24)10(22)14-4-2-12/h7-8,19-20H,1-6H2,(H,13,21)(H,14,22)/t7-,8+. The van der Waals surface area contributed by atoms with Crippen molar-refractivity contribution in [2.75, 3.05) is 37.9 Å². The highest BCUT2D eigenvalue weighted by molar-refractivity contribution is 6.18. The van der Waals surface area contributed by atoms with Gasteiger partial charge in [-0.1, -0.05) is 0 Å². The molecule has 0 unspecified atom stereocenters. The number of nitrogens with one attached hydrogen (secondary N) is 2. The van der Waals surface area contributed by atoms with Crippen molar-refractivity contribution in [2.45, 2.75) is 12.2 Å². The first-order valence-corrected chi connectivity index (χ1v) is 7.73. The number of alkyl halides is 2. The number of hydrogen-bond acceptors (Lipinski definition) is 8. The van der Waals surface area contributed by atoms with Crippen molar-refractivity contribution in [2.24, 2.45) is 10.6 Å². The summed E-state index contributed by atoms with van der Waals surface area (Å²) in [6.07, 6.45) is -3.34. The number of halogens is 2. The zero-order valence-corrected chi connectivity index (χ0v) is 14.0. The molecule has 138 valence electrons. The Morgan fingerprint density at radius 3 is 1.46 bits per heavy atom. The molecular weight excluding hydrogens is 371 g/mol. The van der Waals surface area contributed by atoms with E-state index in [9.17, 15) is 29.6 Å². The van der Waals surface area contributed by atoms with E-state index in [1.807, 2.05) is 0 Å². The lowest BCUT2D eigenvalue weighted by atomic mass is 10.2. The molecule has 14 heteroatoms. The zero-order valence-electron chi connectivity index (χ0n) is 12.5. The number of carbonyl (C=O) groups excluding carboxylic acids is 2. The minimum atomic E-state index is -1.67. The van der Waals surface area contributed by atoms with E-state index in [0.29, 0.717) is 10.0 Å². The minimum absolute atomic E-state index is 0.0641. The van der Waals surface area contributed by atoms with Gasteiger partial charge in [0.15, 0.2) is 0 Å². The van der Waals surface area contributed by atoms with Crippen LogP contribution in [0.4, 0.5) is 9.59 Å². The molecule has 12 nitrogen and oxygen atoms in total. The molecule has 2 atom stereocenters. The summed E-state index contributed by atoms with van der Waals surface area (Å²) in [5, 5.41) is 29.5. The molecule has 0 aliphatic rings. The molecule has 0 aliphatic heterocycles. The summed E-state index contributed by atoms with van der Waals surface area (Å²) >= 11 is 10.7. The maximum atomic E-state index is 11.5. The highest BCUT2D eigenvalue weighted by Gasteiger charge is 2.27. The second-order valence-corrected chi connectivity index (χ2v) is 5.06. The van der Waals surface area contributed by atoms with Gasteiger partial charge in [0.05, 0.1) is 23.7 Å². The summed E-state index contributed by atoms with van der Waals surface area (Å²) in [5.41, 5.74) is 0. The third-order valence-corrected chi connectivity index (χ3v) is 2.95. The van der Waals surface area contributed by atoms with E-state index in [-0.39, 0.29) is 24.8 Å². The fourth-order valence-corrected chi connectivity index (χ4v) is 1.58. The average Bonchev–Trinajstić information content (AvgIpc) is 2.59. The molecule has 0 aromatic heterocycles. The first kappa shape index (κ1) is 22.2. The van der Waals surface area contributed by atoms with Crippen molar-refractivity contribution in [1.29, 1.82) is 0 Å². The Labute approximate surface area is 146 Å². The molecule has 0 heterocycles. The van der Waals surface area contributed by atoms with Crippen LogP contribution in [0.2, 0.25) is 0 Å². The molecule has 0 spiro atoms. The number of carbonyl (C=O) groups is 2. The molecule has 0 fully saturated rings. The molecule has 0 aromatic carbocycles. The molecule has 4 N–H and O–H groups in total. The van der Waals surface area contributed by atoms with Crippen molar-refractivity contribution in [3.8, 4) is 0 Å². The topological polar surface area (TPSA) is 164 Å². The molecule has 0 saturated heterocycles. The Bertz CT molecular complexity index is 393. The number of amides is 4. The van der Waals surface area contributed by atoms with Crippen LogP contribution in [0.5, 0.6) is 0 Å². The molecule has 4 amide bonds. The molecule has 24 heavy (non-hydrogen) atoms. The monoisotopic (exact) mass is 388 g/mol. The van der Waals surface area contributed by atoms with Gasteiger partial charge in [-0.15, -0.1) is 33.0 Å². The predicted octanol–water partition coefficient (Wildman–Crippen LogP) is -0.428. The number of aliphatic hydroxyl groups is 2.